The SMILES string of the molecule is CNCC1CCN(S(=O)(=O)Nc2cnn(C)c2)CC1. The van der Waals surface area contributed by atoms with Crippen molar-refractivity contribution in [2.75, 3.05) is 31.4 Å². The van der Waals surface area contributed by atoms with Crippen LogP contribution < -0.4 is 10.0 Å². The normalized spacial score (nSPS) is 18.6. The molecule has 0 spiro atoms. The predicted octanol–water partition coefficient (Wildman–Crippen LogP) is 0.00820. The molecule has 2 heterocycles. The van der Waals surface area contributed by atoms with Crippen molar-refractivity contribution in [2.45, 2.75) is 12.8 Å². The number of nitrogens with one attached hydrogen (secondary N) is 2. The molecule has 0 amide bonds. The lowest BCUT2D eigenvalue weighted by Crippen LogP contribution is -2.43. The largest absolute Gasteiger partial charge is 0.319 e. The predicted molar refractivity (Wildman–Crippen MR) is 74.0 cm³/mol. The Balaban J connectivity index is 1.94. The summed E-state index contributed by atoms with van der Waals surface area (Å²) >= 11 is 0. The van der Waals surface area contributed by atoms with Crippen molar-refractivity contribution >= 4 is 15.9 Å². The average Bonchev–Trinajstić information content (AvgIpc) is 2.75. The van der Waals surface area contributed by atoms with Crippen LogP contribution in [0.5, 0.6) is 0 Å². The Hall–Kier alpha value is -1.12. The van der Waals surface area contributed by atoms with E-state index in [0.29, 0.717) is 24.7 Å². The van der Waals surface area contributed by atoms with Crippen molar-refractivity contribution in [2.24, 2.45) is 13.0 Å². The van der Waals surface area contributed by atoms with Crippen molar-refractivity contribution in [3.8, 4) is 0 Å². The summed E-state index contributed by atoms with van der Waals surface area (Å²) in [4.78, 5) is 0. The molecule has 1 aromatic heterocycles. The summed E-state index contributed by atoms with van der Waals surface area (Å²) in [7, 11) is 0.223. The zero-order chi connectivity index (χ0) is 13.9. The van der Waals surface area contributed by atoms with Crippen molar-refractivity contribution in [1.82, 2.24) is 19.4 Å². The lowest BCUT2D eigenvalue weighted by Gasteiger charge is -2.30. The average molecular weight is 287 g/mol. The Morgan fingerprint density at radius 3 is 2.63 bits per heavy atom. The van der Waals surface area contributed by atoms with E-state index in [1.807, 2.05) is 7.05 Å². The molecule has 1 saturated heterocycles. The van der Waals surface area contributed by atoms with E-state index < -0.39 is 10.2 Å². The van der Waals surface area contributed by atoms with Gasteiger partial charge in [-0.1, -0.05) is 0 Å². The van der Waals surface area contributed by atoms with Crippen molar-refractivity contribution in [1.29, 1.82) is 0 Å². The monoisotopic (exact) mass is 287 g/mol. The minimum absolute atomic E-state index is 0.500. The highest BCUT2D eigenvalue weighted by molar-refractivity contribution is 7.90. The van der Waals surface area contributed by atoms with Gasteiger partial charge in [-0.2, -0.15) is 17.8 Å². The highest BCUT2D eigenvalue weighted by Crippen LogP contribution is 2.20. The summed E-state index contributed by atoms with van der Waals surface area (Å²) in [5.74, 6) is 0.565. The molecule has 0 saturated carbocycles. The molecule has 2 rings (SSSR count). The van der Waals surface area contributed by atoms with Crippen LogP contribution >= 0.6 is 0 Å². The fourth-order valence-corrected chi connectivity index (χ4v) is 3.55. The molecule has 0 atom stereocenters. The Morgan fingerprint density at radius 2 is 2.11 bits per heavy atom. The maximum absolute atomic E-state index is 12.2. The summed E-state index contributed by atoms with van der Waals surface area (Å²) in [6, 6.07) is 0. The summed E-state index contributed by atoms with van der Waals surface area (Å²) < 4.78 is 30.0. The van der Waals surface area contributed by atoms with Crippen molar-refractivity contribution < 1.29 is 8.42 Å². The quantitative estimate of drug-likeness (QED) is 0.799. The molecule has 0 aromatic carbocycles. The number of hydrogen-bond acceptors (Lipinski definition) is 4. The van der Waals surface area contributed by atoms with Gasteiger partial charge >= 0.3 is 10.2 Å². The molecule has 2 N–H and O–H groups in total. The molecule has 0 unspecified atom stereocenters. The minimum atomic E-state index is -3.45. The van der Waals surface area contributed by atoms with Gasteiger partial charge in [0.2, 0.25) is 0 Å². The van der Waals surface area contributed by atoms with E-state index in [1.54, 1.807) is 17.9 Å². The van der Waals surface area contributed by atoms with E-state index >= 15 is 0 Å². The fourth-order valence-electron chi connectivity index (χ4n) is 2.33. The lowest BCUT2D eigenvalue weighted by atomic mass is 9.98. The fraction of sp³-hybridized carbons (Fsp3) is 0.727. The molecule has 1 aliphatic rings. The van der Waals surface area contributed by atoms with E-state index in [1.165, 1.54) is 10.5 Å². The zero-order valence-electron chi connectivity index (χ0n) is 11.3. The summed E-state index contributed by atoms with van der Waals surface area (Å²) in [6.07, 6.45) is 4.94. The van der Waals surface area contributed by atoms with Crippen LogP contribution in [0.1, 0.15) is 12.8 Å². The summed E-state index contributed by atoms with van der Waals surface area (Å²) in [6.45, 7) is 2.09. The Morgan fingerprint density at radius 1 is 1.42 bits per heavy atom. The maximum atomic E-state index is 12.2. The van der Waals surface area contributed by atoms with Gasteiger partial charge in [-0.25, -0.2) is 0 Å². The van der Waals surface area contributed by atoms with Gasteiger partial charge in [0, 0.05) is 26.3 Å². The van der Waals surface area contributed by atoms with Crippen LogP contribution in [0.4, 0.5) is 5.69 Å². The molecule has 19 heavy (non-hydrogen) atoms. The van der Waals surface area contributed by atoms with Gasteiger partial charge in [0.15, 0.2) is 0 Å². The minimum Gasteiger partial charge on any atom is -0.319 e. The van der Waals surface area contributed by atoms with Crippen LogP contribution in [0.25, 0.3) is 0 Å². The van der Waals surface area contributed by atoms with Gasteiger partial charge in [-0.15, -0.1) is 0 Å². The number of aryl methyl sites for hydroxylation is 1. The standard InChI is InChI=1S/C11H21N5O2S/c1-12-7-10-3-5-16(6-4-10)19(17,18)14-11-8-13-15(2)9-11/h8-10,12,14H,3-7H2,1-2H3. The summed E-state index contributed by atoms with van der Waals surface area (Å²) in [5.41, 5.74) is 0.500. The van der Waals surface area contributed by atoms with E-state index in [-0.39, 0.29) is 0 Å². The number of aromatic nitrogens is 2. The van der Waals surface area contributed by atoms with Gasteiger partial charge in [0.05, 0.1) is 11.9 Å². The van der Waals surface area contributed by atoms with Crippen molar-refractivity contribution in [3.63, 3.8) is 0 Å². The van der Waals surface area contributed by atoms with E-state index in [9.17, 15) is 8.42 Å². The number of anilines is 1. The second-order valence-electron chi connectivity index (χ2n) is 4.91. The Bertz CT molecular complexity index is 505. The molecule has 0 aliphatic carbocycles. The third kappa shape index (κ3) is 3.68. The highest BCUT2D eigenvalue weighted by Gasteiger charge is 2.27. The topological polar surface area (TPSA) is 79.3 Å². The first-order valence-corrected chi connectivity index (χ1v) is 7.86. The van der Waals surface area contributed by atoms with Gasteiger partial charge in [0.25, 0.3) is 0 Å². The van der Waals surface area contributed by atoms with Crippen LogP contribution in [0.3, 0.4) is 0 Å². The highest BCUT2D eigenvalue weighted by atomic mass is 32.2. The number of hydrogen-bond donors (Lipinski definition) is 2. The van der Waals surface area contributed by atoms with Gasteiger partial charge in [-0.05, 0) is 32.4 Å². The molecule has 7 nitrogen and oxygen atoms in total. The van der Waals surface area contributed by atoms with Gasteiger partial charge in [-0.3, -0.25) is 9.40 Å². The van der Waals surface area contributed by atoms with Crippen LogP contribution in [0, 0.1) is 5.92 Å². The number of rotatable bonds is 5. The van der Waals surface area contributed by atoms with E-state index in [2.05, 4.69) is 15.1 Å². The molecule has 0 radical (unpaired) electrons. The molecular weight excluding hydrogens is 266 g/mol. The van der Waals surface area contributed by atoms with Crippen molar-refractivity contribution in [3.05, 3.63) is 12.4 Å². The third-order valence-electron chi connectivity index (χ3n) is 3.36. The molecule has 1 aliphatic heterocycles. The number of piperidine rings is 1. The van der Waals surface area contributed by atoms with Gasteiger partial charge in [0.1, 0.15) is 0 Å². The van der Waals surface area contributed by atoms with Crippen LogP contribution in [0.2, 0.25) is 0 Å². The Kier molecular flexibility index (Phi) is 4.43. The molecule has 108 valence electrons. The van der Waals surface area contributed by atoms with Gasteiger partial charge < -0.3 is 5.32 Å². The molecule has 8 heteroatoms. The molecule has 1 aromatic rings. The molecule has 0 bridgehead atoms. The van der Waals surface area contributed by atoms with E-state index in [0.717, 1.165) is 19.4 Å². The second kappa shape index (κ2) is 5.89. The lowest BCUT2D eigenvalue weighted by molar-refractivity contribution is 0.272. The molecule has 1 fully saturated rings. The first-order valence-electron chi connectivity index (χ1n) is 6.42. The first kappa shape index (κ1) is 14.3. The number of nitrogens with zero attached hydrogens (tertiary/aromatic N) is 3. The van der Waals surface area contributed by atoms with Crippen LogP contribution in [-0.2, 0) is 17.3 Å². The smallest absolute Gasteiger partial charge is 0.301 e. The first-order chi connectivity index (χ1) is 9.01. The maximum Gasteiger partial charge on any atom is 0.301 e. The summed E-state index contributed by atoms with van der Waals surface area (Å²) in [5, 5.41) is 7.08. The Labute approximate surface area is 114 Å². The second-order valence-corrected chi connectivity index (χ2v) is 6.58. The molecular formula is C11H21N5O2S. The van der Waals surface area contributed by atoms with Crippen LogP contribution in [-0.4, -0.2) is 49.2 Å². The third-order valence-corrected chi connectivity index (χ3v) is 4.90. The van der Waals surface area contributed by atoms with Crippen LogP contribution in [0.15, 0.2) is 12.4 Å². The zero-order valence-corrected chi connectivity index (χ0v) is 12.2. The van der Waals surface area contributed by atoms with E-state index in [4.69, 9.17) is 0 Å².